The van der Waals surface area contributed by atoms with E-state index in [1.165, 1.54) is 10.5 Å². The summed E-state index contributed by atoms with van der Waals surface area (Å²) in [5.74, 6) is 2.14. The van der Waals surface area contributed by atoms with Crippen LogP contribution in [0, 0.1) is 11.3 Å². The van der Waals surface area contributed by atoms with Crippen molar-refractivity contribution in [3.8, 4) is 17.3 Å². The van der Waals surface area contributed by atoms with Gasteiger partial charge in [-0.2, -0.15) is 5.26 Å². The molecule has 1 saturated heterocycles. The van der Waals surface area contributed by atoms with E-state index >= 15 is 0 Å². The largest absolute Gasteiger partial charge is 0.391 e. The molecule has 0 radical (unpaired) electrons. The summed E-state index contributed by atoms with van der Waals surface area (Å²) in [6, 6.07) is 13.2. The van der Waals surface area contributed by atoms with Crippen LogP contribution in [-0.4, -0.2) is 38.6 Å². The first-order chi connectivity index (χ1) is 15.1. The Bertz CT molecular complexity index is 1180. The first-order valence-electron chi connectivity index (χ1n) is 10.2. The zero-order chi connectivity index (χ0) is 21.4. The van der Waals surface area contributed by atoms with E-state index in [0.717, 1.165) is 24.1 Å². The summed E-state index contributed by atoms with van der Waals surface area (Å²) in [5.41, 5.74) is 3.33. The molecule has 4 heterocycles. The zero-order valence-electron chi connectivity index (χ0n) is 16.7. The molecule has 2 N–H and O–H groups in total. The molecule has 2 aliphatic rings. The number of nitrogens with zero attached hydrogens (tertiary/aromatic N) is 5. The minimum atomic E-state index is -0.646. The third-order valence-electron chi connectivity index (χ3n) is 5.47. The summed E-state index contributed by atoms with van der Waals surface area (Å²) in [7, 11) is 0. The van der Waals surface area contributed by atoms with Gasteiger partial charge in [0.1, 0.15) is 17.5 Å². The Balaban J connectivity index is 1.44. The monoisotopic (exact) mass is 412 g/mol. The Morgan fingerprint density at radius 3 is 2.68 bits per heavy atom. The lowest BCUT2D eigenvalue weighted by molar-refractivity contribution is -0.117. The molecule has 1 aliphatic heterocycles. The number of nitrogens with one attached hydrogen (secondary N) is 1. The number of pyridine rings is 3. The Kier molecular flexibility index (Phi) is 4.81. The fraction of sp³-hybridized carbons (Fsp3) is 0.261. The van der Waals surface area contributed by atoms with E-state index in [1.807, 2.05) is 12.1 Å². The number of carbonyl (C=O) groups excluding carboxylic acids is 1. The van der Waals surface area contributed by atoms with Gasteiger partial charge in [-0.25, -0.2) is 15.0 Å². The summed E-state index contributed by atoms with van der Waals surface area (Å²) in [6.07, 6.45) is 5.08. The molecule has 0 unspecified atom stereocenters. The van der Waals surface area contributed by atoms with Crippen LogP contribution in [-0.2, 0) is 4.79 Å². The molecule has 3 aromatic rings. The van der Waals surface area contributed by atoms with Crippen LogP contribution in [0.4, 0.5) is 17.5 Å². The van der Waals surface area contributed by atoms with Crippen molar-refractivity contribution in [1.29, 1.82) is 5.26 Å². The highest BCUT2D eigenvalue weighted by Crippen LogP contribution is 2.42. The normalized spacial score (nSPS) is 18.1. The number of aliphatic hydroxyl groups is 1. The summed E-state index contributed by atoms with van der Waals surface area (Å²) in [4.78, 5) is 26.9. The highest BCUT2D eigenvalue weighted by molar-refractivity contribution is 5.95. The third-order valence-corrected chi connectivity index (χ3v) is 5.47. The van der Waals surface area contributed by atoms with Gasteiger partial charge in [-0.05, 0) is 60.7 Å². The van der Waals surface area contributed by atoms with Crippen LogP contribution in [0.15, 0.2) is 48.8 Å². The van der Waals surface area contributed by atoms with Gasteiger partial charge < -0.3 is 10.4 Å². The molecule has 1 amide bonds. The van der Waals surface area contributed by atoms with Crippen LogP contribution in [0.2, 0.25) is 0 Å². The number of β-amino-alcohol motifs (C(OH)–C–C–N with tert-alkyl or cyclic N) is 1. The second-order valence-electron chi connectivity index (χ2n) is 7.88. The molecule has 8 heteroatoms. The molecule has 8 nitrogen and oxygen atoms in total. The van der Waals surface area contributed by atoms with Gasteiger partial charge in [-0.15, -0.1) is 0 Å². The van der Waals surface area contributed by atoms with Crippen molar-refractivity contribution in [2.45, 2.75) is 31.3 Å². The molecule has 2 fully saturated rings. The average molecular weight is 412 g/mol. The Hall–Kier alpha value is -3.83. The van der Waals surface area contributed by atoms with Gasteiger partial charge in [0.2, 0.25) is 5.91 Å². The van der Waals surface area contributed by atoms with Gasteiger partial charge >= 0.3 is 0 Å². The van der Waals surface area contributed by atoms with Crippen LogP contribution in [0.25, 0.3) is 11.3 Å². The number of amides is 1. The molecule has 0 bridgehead atoms. The van der Waals surface area contributed by atoms with Gasteiger partial charge in [0.05, 0.1) is 36.4 Å². The molecule has 1 saturated carbocycles. The predicted octanol–water partition coefficient (Wildman–Crippen LogP) is 3.13. The predicted molar refractivity (Wildman–Crippen MR) is 115 cm³/mol. The van der Waals surface area contributed by atoms with E-state index in [1.54, 1.807) is 30.6 Å². The Morgan fingerprint density at radius 1 is 1.13 bits per heavy atom. The quantitative estimate of drug-likeness (QED) is 0.661. The van der Waals surface area contributed by atoms with Gasteiger partial charge in [0.15, 0.2) is 0 Å². The fourth-order valence-electron chi connectivity index (χ4n) is 3.72. The maximum Gasteiger partial charge on any atom is 0.230 e. The second kappa shape index (κ2) is 7.78. The summed E-state index contributed by atoms with van der Waals surface area (Å²) >= 11 is 0. The van der Waals surface area contributed by atoms with Crippen molar-refractivity contribution < 1.29 is 9.90 Å². The molecule has 1 aliphatic carbocycles. The van der Waals surface area contributed by atoms with E-state index in [-0.39, 0.29) is 18.9 Å². The van der Waals surface area contributed by atoms with Crippen LogP contribution in [0.3, 0.4) is 0 Å². The molecule has 5 rings (SSSR count). The second-order valence-corrected chi connectivity index (χ2v) is 7.88. The number of hydrogen-bond donors (Lipinski definition) is 2. The van der Waals surface area contributed by atoms with Crippen LogP contribution < -0.4 is 10.2 Å². The summed E-state index contributed by atoms with van der Waals surface area (Å²) < 4.78 is 0. The number of aromatic nitrogens is 3. The SMILES string of the molecule is N#Cc1ccnc(Nc2cc(C3CC3)cc(-c3ccc(N4C[C@@H](O)CC4=O)nc3)n2)c1. The topological polar surface area (TPSA) is 115 Å². The molecule has 1 atom stereocenters. The van der Waals surface area contributed by atoms with Crippen LogP contribution in [0.1, 0.15) is 36.3 Å². The lowest BCUT2D eigenvalue weighted by atomic mass is 10.1. The van der Waals surface area contributed by atoms with Gasteiger partial charge in [0, 0.05) is 18.0 Å². The molecular weight excluding hydrogens is 392 g/mol. The highest BCUT2D eigenvalue weighted by atomic mass is 16.3. The minimum absolute atomic E-state index is 0.125. The first-order valence-corrected chi connectivity index (χ1v) is 10.2. The Labute approximate surface area is 179 Å². The van der Waals surface area contributed by atoms with Crippen molar-refractivity contribution in [2.75, 3.05) is 16.8 Å². The number of anilines is 3. The van der Waals surface area contributed by atoms with Gasteiger partial charge in [-0.1, -0.05) is 0 Å². The van der Waals surface area contributed by atoms with Gasteiger partial charge in [-0.3, -0.25) is 9.69 Å². The average Bonchev–Trinajstić information content (AvgIpc) is 3.58. The van der Waals surface area contributed by atoms with Crippen molar-refractivity contribution >= 4 is 23.4 Å². The van der Waals surface area contributed by atoms with E-state index in [0.29, 0.717) is 28.9 Å². The van der Waals surface area contributed by atoms with Crippen molar-refractivity contribution in [3.05, 3.63) is 59.9 Å². The number of nitriles is 1. The summed E-state index contributed by atoms with van der Waals surface area (Å²) in [5, 5.41) is 22.0. The minimum Gasteiger partial charge on any atom is -0.391 e. The van der Waals surface area contributed by atoms with Crippen LogP contribution >= 0.6 is 0 Å². The van der Waals surface area contributed by atoms with E-state index in [2.05, 4.69) is 27.4 Å². The lowest BCUT2D eigenvalue weighted by Gasteiger charge is -2.15. The number of carbonyl (C=O) groups is 1. The van der Waals surface area contributed by atoms with E-state index in [9.17, 15) is 9.90 Å². The molecule has 31 heavy (non-hydrogen) atoms. The maximum atomic E-state index is 12.0. The van der Waals surface area contributed by atoms with Crippen LogP contribution in [0.5, 0.6) is 0 Å². The maximum absolute atomic E-state index is 12.0. The molecule has 0 aromatic carbocycles. The molecule has 0 spiro atoms. The number of aliphatic hydroxyl groups excluding tert-OH is 1. The van der Waals surface area contributed by atoms with Crippen molar-refractivity contribution in [3.63, 3.8) is 0 Å². The fourth-order valence-corrected chi connectivity index (χ4v) is 3.72. The highest BCUT2D eigenvalue weighted by Gasteiger charge is 2.30. The lowest BCUT2D eigenvalue weighted by Crippen LogP contribution is -2.26. The molecular formula is C23H20N6O2. The van der Waals surface area contributed by atoms with E-state index < -0.39 is 6.10 Å². The molecule has 3 aromatic heterocycles. The zero-order valence-corrected chi connectivity index (χ0v) is 16.7. The van der Waals surface area contributed by atoms with Crippen molar-refractivity contribution in [2.24, 2.45) is 0 Å². The first kappa shape index (κ1) is 19.2. The molecule has 154 valence electrons. The standard InChI is InChI=1S/C23H20N6O2/c24-11-14-5-6-25-20(7-14)28-21-9-17(15-1-2-15)8-19(27-21)16-3-4-22(26-12-16)29-13-18(30)10-23(29)31/h3-9,12,15,18,30H,1-2,10,13H2,(H,25,27,28)/t18-/m0/s1. The smallest absolute Gasteiger partial charge is 0.230 e. The number of rotatable bonds is 5. The van der Waals surface area contributed by atoms with Gasteiger partial charge in [0.25, 0.3) is 0 Å². The third kappa shape index (κ3) is 4.09. The number of hydrogen-bond acceptors (Lipinski definition) is 7. The summed E-state index contributed by atoms with van der Waals surface area (Å²) in [6.45, 7) is 0.267. The Morgan fingerprint density at radius 2 is 2.00 bits per heavy atom. The van der Waals surface area contributed by atoms with Crippen molar-refractivity contribution in [1.82, 2.24) is 15.0 Å². The van der Waals surface area contributed by atoms with E-state index in [4.69, 9.17) is 10.2 Å².